The SMILES string of the molecule is CCN(CC)C(=O)NCC(=O)NNC(=O)Nc1ccccc1. The van der Waals surface area contributed by atoms with Gasteiger partial charge in [-0.15, -0.1) is 0 Å². The molecule has 1 rings (SSSR count). The van der Waals surface area contributed by atoms with Crippen LogP contribution >= 0.6 is 0 Å². The van der Waals surface area contributed by atoms with Crippen LogP contribution in [-0.4, -0.2) is 42.5 Å². The van der Waals surface area contributed by atoms with E-state index < -0.39 is 11.9 Å². The second kappa shape index (κ2) is 9.22. The average molecular weight is 307 g/mol. The average Bonchev–Trinajstić information content (AvgIpc) is 2.53. The molecule has 0 spiro atoms. The maximum atomic E-state index is 11.6. The highest BCUT2D eigenvalue weighted by atomic mass is 16.2. The molecule has 0 unspecified atom stereocenters. The van der Waals surface area contributed by atoms with Crippen molar-refractivity contribution < 1.29 is 14.4 Å². The summed E-state index contributed by atoms with van der Waals surface area (Å²) in [6, 6.07) is 7.90. The van der Waals surface area contributed by atoms with Crippen molar-refractivity contribution in [2.24, 2.45) is 0 Å². The normalized spacial score (nSPS) is 9.55. The van der Waals surface area contributed by atoms with Gasteiger partial charge in [0, 0.05) is 18.8 Å². The summed E-state index contributed by atoms with van der Waals surface area (Å²) < 4.78 is 0. The molecule has 0 bridgehead atoms. The number of nitrogens with zero attached hydrogens (tertiary/aromatic N) is 1. The second-order valence-electron chi connectivity index (χ2n) is 4.32. The van der Waals surface area contributed by atoms with Crippen molar-refractivity contribution in [3.8, 4) is 0 Å². The monoisotopic (exact) mass is 307 g/mol. The molecular formula is C14H21N5O3. The summed E-state index contributed by atoms with van der Waals surface area (Å²) in [4.78, 5) is 36.2. The quantitative estimate of drug-likeness (QED) is 0.607. The molecule has 0 aliphatic rings. The van der Waals surface area contributed by atoms with Crippen molar-refractivity contribution in [3.63, 3.8) is 0 Å². The third-order valence-corrected chi connectivity index (χ3v) is 2.80. The number of para-hydroxylation sites is 1. The zero-order chi connectivity index (χ0) is 16.4. The number of hydrogen-bond donors (Lipinski definition) is 4. The molecular weight excluding hydrogens is 286 g/mol. The molecule has 0 aliphatic heterocycles. The molecule has 0 fully saturated rings. The Kier molecular flexibility index (Phi) is 7.24. The summed E-state index contributed by atoms with van der Waals surface area (Å²) in [7, 11) is 0. The van der Waals surface area contributed by atoms with Crippen LogP contribution in [-0.2, 0) is 4.79 Å². The molecule has 0 saturated carbocycles. The van der Waals surface area contributed by atoms with E-state index in [-0.39, 0.29) is 12.6 Å². The van der Waals surface area contributed by atoms with Gasteiger partial charge in [-0.2, -0.15) is 0 Å². The topological polar surface area (TPSA) is 103 Å². The highest BCUT2D eigenvalue weighted by Gasteiger charge is 2.11. The minimum absolute atomic E-state index is 0.221. The van der Waals surface area contributed by atoms with Gasteiger partial charge in [0.05, 0.1) is 0 Å². The maximum Gasteiger partial charge on any atom is 0.337 e. The van der Waals surface area contributed by atoms with Crippen LogP contribution in [0.4, 0.5) is 15.3 Å². The van der Waals surface area contributed by atoms with Crippen LogP contribution in [0.3, 0.4) is 0 Å². The first-order valence-corrected chi connectivity index (χ1v) is 7.00. The summed E-state index contributed by atoms with van der Waals surface area (Å²) in [6.45, 7) is 4.58. The lowest BCUT2D eigenvalue weighted by atomic mass is 10.3. The number of amides is 5. The van der Waals surface area contributed by atoms with Crippen LogP contribution < -0.4 is 21.5 Å². The third kappa shape index (κ3) is 6.12. The molecule has 1 aromatic carbocycles. The minimum Gasteiger partial charge on any atom is -0.329 e. The number of rotatable bonds is 5. The molecule has 4 N–H and O–H groups in total. The Balaban J connectivity index is 2.25. The number of hydrazine groups is 1. The number of hydrogen-bond acceptors (Lipinski definition) is 3. The Bertz CT molecular complexity index is 502. The van der Waals surface area contributed by atoms with E-state index in [1.165, 1.54) is 0 Å². The lowest BCUT2D eigenvalue weighted by Gasteiger charge is -2.19. The fourth-order valence-corrected chi connectivity index (χ4v) is 1.63. The fourth-order valence-electron chi connectivity index (χ4n) is 1.63. The predicted octanol–water partition coefficient (Wildman–Crippen LogP) is 0.891. The molecule has 0 radical (unpaired) electrons. The Morgan fingerprint density at radius 1 is 1.00 bits per heavy atom. The molecule has 120 valence electrons. The Hall–Kier alpha value is -2.77. The summed E-state index contributed by atoms with van der Waals surface area (Å²) in [6.07, 6.45) is 0. The summed E-state index contributed by atoms with van der Waals surface area (Å²) >= 11 is 0. The van der Waals surface area contributed by atoms with Crippen molar-refractivity contribution in [3.05, 3.63) is 30.3 Å². The van der Waals surface area contributed by atoms with Gasteiger partial charge < -0.3 is 15.5 Å². The summed E-state index contributed by atoms with van der Waals surface area (Å²) in [5.74, 6) is -0.524. The van der Waals surface area contributed by atoms with Crippen molar-refractivity contribution in [1.29, 1.82) is 0 Å². The molecule has 0 aliphatic carbocycles. The largest absolute Gasteiger partial charge is 0.337 e. The smallest absolute Gasteiger partial charge is 0.329 e. The molecule has 0 saturated heterocycles. The Morgan fingerprint density at radius 2 is 1.64 bits per heavy atom. The standard InChI is InChI=1S/C14H21N5O3/c1-3-19(4-2)14(22)15-10-12(20)17-18-13(21)16-11-8-6-5-7-9-11/h5-9H,3-4,10H2,1-2H3,(H,15,22)(H,17,20)(H2,16,18,21). The van der Waals surface area contributed by atoms with Crippen molar-refractivity contribution in [2.45, 2.75) is 13.8 Å². The van der Waals surface area contributed by atoms with Crippen molar-refractivity contribution in [2.75, 3.05) is 25.0 Å². The number of nitrogens with one attached hydrogen (secondary N) is 4. The first-order chi connectivity index (χ1) is 10.6. The summed E-state index contributed by atoms with van der Waals surface area (Å²) in [5, 5.41) is 5.00. The van der Waals surface area contributed by atoms with E-state index in [1.54, 1.807) is 29.2 Å². The third-order valence-electron chi connectivity index (χ3n) is 2.80. The number of anilines is 1. The highest BCUT2D eigenvalue weighted by Crippen LogP contribution is 2.03. The van der Waals surface area contributed by atoms with Gasteiger partial charge in [-0.25, -0.2) is 15.0 Å². The first-order valence-electron chi connectivity index (χ1n) is 7.00. The van der Waals surface area contributed by atoms with Gasteiger partial charge in [0.15, 0.2) is 0 Å². The van der Waals surface area contributed by atoms with E-state index in [4.69, 9.17) is 0 Å². The molecule has 8 heteroatoms. The number of benzene rings is 1. The van der Waals surface area contributed by atoms with Gasteiger partial charge in [-0.05, 0) is 26.0 Å². The zero-order valence-corrected chi connectivity index (χ0v) is 12.7. The molecule has 0 atom stereocenters. The van der Waals surface area contributed by atoms with Gasteiger partial charge in [0.25, 0.3) is 5.91 Å². The van der Waals surface area contributed by atoms with Gasteiger partial charge in [-0.1, -0.05) is 18.2 Å². The van der Waals surface area contributed by atoms with E-state index >= 15 is 0 Å². The van der Waals surface area contributed by atoms with Crippen LogP contribution in [0.1, 0.15) is 13.8 Å². The van der Waals surface area contributed by atoms with E-state index in [0.29, 0.717) is 18.8 Å². The fraction of sp³-hybridized carbons (Fsp3) is 0.357. The van der Waals surface area contributed by atoms with Crippen LogP contribution in [0, 0.1) is 0 Å². The maximum absolute atomic E-state index is 11.6. The van der Waals surface area contributed by atoms with E-state index in [1.807, 2.05) is 19.9 Å². The number of urea groups is 2. The zero-order valence-electron chi connectivity index (χ0n) is 12.7. The Labute approximate surface area is 129 Å². The molecule has 8 nitrogen and oxygen atoms in total. The van der Waals surface area contributed by atoms with Crippen LogP contribution in [0.5, 0.6) is 0 Å². The van der Waals surface area contributed by atoms with Crippen molar-refractivity contribution in [1.82, 2.24) is 21.1 Å². The number of carbonyl (C=O) groups excluding carboxylic acids is 3. The lowest BCUT2D eigenvalue weighted by molar-refractivity contribution is -0.120. The van der Waals surface area contributed by atoms with E-state index in [0.717, 1.165) is 0 Å². The van der Waals surface area contributed by atoms with Crippen molar-refractivity contribution >= 4 is 23.7 Å². The first kappa shape index (κ1) is 17.3. The lowest BCUT2D eigenvalue weighted by Crippen LogP contribution is -2.49. The van der Waals surface area contributed by atoms with Gasteiger partial charge in [0.1, 0.15) is 6.54 Å². The van der Waals surface area contributed by atoms with Crippen LogP contribution in [0.25, 0.3) is 0 Å². The molecule has 5 amide bonds. The van der Waals surface area contributed by atoms with E-state index in [9.17, 15) is 14.4 Å². The molecule has 0 heterocycles. The second-order valence-corrected chi connectivity index (χ2v) is 4.32. The van der Waals surface area contributed by atoms with Crippen LogP contribution in [0.2, 0.25) is 0 Å². The van der Waals surface area contributed by atoms with Gasteiger partial charge in [-0.3, -0.25) is 10.2 Å². The van der Waals surface area contributed by atoms with Crippen LogP contribution in [0.15, 0.2) is 30.3 Å². The molecule has 1 aromatic rings. The molecule has 22 heavy (non-hydrogen) atoms. The van der Waals surface area contributed by atoms with Gasteiger partial charge >= 0.3 is 12.1 Å². The summed E-state index contributed by atoms with van der Waals surface area (Å²) in [5.41, 5.74) is 5.00. The van der Waals surface area contributed by atoms with E-state index in [2.05, 4.69) is 21.5 Å². The highest BCUT2D eigenvalue weighted by molar-refractivity contribution is 5.91. The predicted molar refractivity (Wildman–Crippen MR) is 83.1 cm³/mol. The molecule has 0 aromatic heterocycles. The number of carbonyl (C=O) groups is 3. The minimum atomic E-state index is -0.574. The Morgan fingerprint density at radius 3 is 2.23 bits per heavy atom. The van der Waals surface area contributed by atoms with Gasteiger partial charge in [0.2, 0.25) is 0 Å².